The summed E-state index contributed by atoms with van der Waals surface area (Å²) in [4.78, 5) is 11.3. The van der Waals surface area contributed by atoms with E-state index in [2.05, 4.69) is 28.8 Å². The van der Waals surface area contributed by atoms with Crippen molar-refractivity contribution in [2.45, 2.75) is 20.3 Å². The van der Waals surface area contributed by atoms with Gasteiger partial charge in [0.05, 0.1) is 0 Å². The molecule has 0 aromatic carbocycles. The van der Waals surface area contributed by atoms with Gasteiger partial charge in [-0.25, -0.2) is 0 Å². The summed E-state index contributed by atoms with van der Waals surface area (Å²) in [6.07, 6.45) is 2.36. The van der Waals surface area contributed by atoms with E-state index in [1.54, 1.807) is 6.07 Å². The van der Waals surface area contributed by atoms with Crippen LogP contribution in [0.15, 0.2) is 16.9 Å². The molecule has 4 heteroatoms. The molecule has 4 nitrogen and oxygen atoms in total. The van der Waals surface area contributed by atoms with Gasteiger partial charge in [0, 0.05) is 12.6 Å². The molecule has 1 aromatic rings. The molecule has 1 amide bonds. The van der Waals surface area contributed by atoms with Crippen LogP contribution < -0.4 is 5.32 Å². The Bertz CT molecular complexity index is 255. The number of nitrogens with zero attached hydrogens (tertiary/aromatic N) is 1. The number of carbonyl (C=O) groups is 1. The van der Waals surface area contributed by atoms with Crippen LogP contribution in [0.3, 0.4) is 0 Å². The maximum Gasteiger partial charge on any atom is 0.273 e. The standard InChI is InChI=1S/C9H14N2O2/c1-7(2)3-5-10-9(12)8-4-6-13-11-8/h4,6-7H,3,5H2,1-2H3,(H,10,12). The van der Waals surface area contributed by atoms with E-state index in [4.69, 9.17) is 0 Å². The maximum atomic E-state index is 11.3. The van der Waals surface area contributed by atoms with Crippen molar-refractivity contribution in [1.82, 2.24) is 10.5 Å². The third kappa shape index (κ3) is 3.27. The number of amides is 1. The van der Waals surface area contributed by atoms with Crippen LogP contribution in [0.1, 0.15) is 30.8 Å². The van der Waals surface area contributed by atoms with Gasteiger partial charge < -0.3 is 9.84 Å². The van der Waals surface area contributed by atoms with Crippen molar-refractivity contribution in [2.75, 3.05) is 6.54 Å². The molecule has 1 rings (SSSR count). The van der Waals surface area contributed by atoms with E-state index in [0.29, 0.717) is 18.2 Å². The number of rotatable bonds is 4. The van der Waals surface area contributed by atoms with Crippen LogP contribution >= 0.6 is 0 Å². The Morgan fingerprint density at radius 3 is 3.00 bits per heavy atom. The highest BCUT2D eigenvalue weighted by atomic mass is 16.5. The maximum absolute atomic E-state index is 11.3. The molecule has 0 spiro atoms. The van der Waals surface area contributed by atoms with Gasteiger partial charge in [-0.05, 0) is 12.3 Å². The van der Waals surface area contributed by atoms with Crippen LogP contribution in [0.25, 0.3) is 0 Å². The predicted molar refractivity (Wildman–Crippen MR) is 48.3 cm³/mol. The summed E-state index contributed by atoms with van der Waals surface area (Å²) in [7, 11) is 0. The van der Waals surface area contributed by atoms with E-state index in [0.717, 1.165) is 6.42 Å². The fourth-order valence-electron chi connectivity index (χ4n) is 0.895. The summed E-state index contributed by atoms with van der Waals surface area (Å²) in [6, 6.07) is 1.55. The van der Waals surface area contributed by atoms with Crippen molar-refractivity contribution >= 4 is 5.91 Å². The van der Waals surface area contributed by atoms with Crippen molar-refractivity contribution in [2.24, 2.45) is 5.92 Å². The quantitative estimate of drug-likeness (QED) is 0.766. The molecule has 0 aliphatic heterocycles. The summed E-state index contributed by atoms with van der Waals surface area (Å²) >= 11 is 0. The Balaban J connectivity index is 2.27. The van der Waals surface area contributed by atoms with E-state index in [-0.39, 0.29) is 5.91 Å². The summed E-state index contributed by atoms with van der Waals surface area (Å²) in [5, 5.41) is 6.28. The first-order valence-electron chi connectivity index (χ1n) is 4.38. The van der Waals surface area contributed by atoms with Gasteiger partial charge >= 0.3 is 0 Å². The summed E-state index contributed by atoms with van der Waals surface area (Å²) in [5.41, 5.74) is 0.337. The van der Waals surface area contributed by atoms with Gasteiger partial charge in [-0.2, -0.15) is 0 Å². The molecule has 0 atom stereocenters. The van der Waals surface area contributed by atoms with Gasteiger partial charge in [0.1, 0.15) is 6.26 Å². The average molecular weight is 182 g/mol. The molecule has 0 unspecified atom stereocenters. The van der Waals surface area contributed by atoms with Crippen molar-refractivity contribution in [3.63, 3.8) is 0 Å². The van der Waals surface area contributed by atoms with E-state index >= 15 is 0 Å². The van der Waals surface area contributed by atoms with Gasteiger partial charge in [-0.15, -0.1) is 0 Å². The number of carbonyl (C=O) groups excluding carboxylic acids is 1. The SMILES string of the molecule is CC(C)CCNC(=O)c1ccon1. The second-order valence-electron chi connectivity index (χ2n) is 3.32. The highest BCUT2D eigenvalue weighted by Crippen LogP contribution is 1.98. The summed E-state index contributed by atoms with van der Waals surface area (Å²) < 4.78 is 4.55. The molecule has 0 fully saturated rings. The zero-order chi connectivity index (χ0) is 9.68. The van der Waals surface area contributed by atoms with Crippen LogP contribution in [-0.4, -0.2) is 17.6 Å². The highest BCUT2D eigenvalue weighted by molar-refractivity contribution is 5.91. The Labute approximate surface area is 77.3 Å². The predicted octanol–water partition coefficient (Wildman–Crippen LogP) is 1.45. The molecule has 0 saturated heterocycles. The number of hydrogen-bond acceptors (Lipinski definition) is 3. The van der Waals surface area contributed by atoms with E-state index in [1.165, 1.54) is 6.26 Å². The van der Waals surface area contributed by atoms with Crippen LogP contribution in [0.4, 0.5) is 0 Å². The van der Waals surface area contributed by atoms with E-state index < -0.39 is 0 Å². The number of aromatic nitrogens is 1. The van der Waals surface area contributed by atoms with E-state index in [9.17, 15) is 4.79 Å². The normalized spacial score (nSPS) is 10.4. The largest absolute Gasteiger partial charge is 0.364 e. The minimum absolute atomic E-state index is 0.172. The molecule has 1 heterocycles. The lowest BCUT2D eigenvalue weighted by molar-refractivity contribution is 0.0943. The van der Waals surface area contributed by atoms with Crippen LogP contribution in [-0.2, 0) is 0 Å². The summed E-state index contributed by atoms with van der Waals surface area (Å²) in [6.45, 7) is 4.91. The smallest absolute Gasteiger partial charge is 0.273 e. The molecule has 0 bridgehead atoms. The lowest BCUT2D eigenvalue weighted by atomic mass is 10.1. The van der Waals surface area contributed by atoms with Gasteiger partial charge in [0.2, 0.25) is 0 Å². The number of hydrogen-bond donors (Lipinski definition) is 1. The Morgan fingerprint density at radius 2 is 2.46 bits per heavy atom. The molecule has 0 saturated carbocycles. The van der Waals surface area contributed by atoms with Gasteiger partial charge in [0.25, 0.3) is 5.91 Å². The molecule has 1 aromatic heterocycles. The lowest BCUT2D eigenvalue weighted by Gasteiger charge is -2.04. The monoisotopic (exact) mass is 182 g/mol. The minimum Gasteiger partial charge on any atom is -0.364 e. The second kappa shape index (κ2) is 4.64. The van der Waals surface area contributed by atoms with Gasteiger partial charge in [0.15, 0.2) is 5.69 Å². The van der Waals surface area contributed by atoms with Gasteiger partial charge in [-0.3, -0.25) is 4.79 Å². The first-order valence-corrected chi connectivity index (χ1v) is 4.38. The van der Waals surface area contributed by atoms with Crippen LogP contribution in [0, 0.1) is 5.92 Å². The molecule has 0 radical (unpaired) electrons. The van der Waals surface area contributed by atoms with Crippen molar-refractivity contribution in [3.8, 4) is 0 Å². The zero-order valence-electron chi connectivity index (χ0n) is 7.91. The number of nitrogens with one attached hydrogen (secondary N) is 1. The van der Waals surface area contributed by atoms with Crippen LogP contribution in [0.5, 0.6) is 0 Å². The first kappa shape index (κ1) is 9.77. The Kier molecular flexibility index (Phi) is 3.49. The Morgan fingerprint density at radius 1 is 1.69 bits per heavy atom. The zero-order valence-corrected chi connectivity index (χ0v) is 7.91. The third-order valence-electron chi connectivity index (χ3n) is 1.68. The molecule has 0 aliphatic carbocycles. The lowest BCUT2D eigenvalue weighted by Crippen LogP contribution is -2.25. The van der Waals surface area contributed by atoms with Crippen molar-refractivity contribution in [3.05, 3.63) is 18.0 Å². The highest BCUT2D eigenvalue weighted by Gasteiger charge is 2.07. The molecular weight excluding hydrogens is 168 g/mol. The fraction of sp³-hybridized carbons (Fsp3) is 0.556. The minimum atomic E-state index is -0.172. The summed E-state index contributed by atoms with van der Waals surface area (Å²) in [5.74, 6) is 0.423. The second-order valence-corrected chi connectivity index (χ2v) is 3.32. The van der Waals surface area contributed by atoms with Crippen molar-refractivity contribution in [1.29, 1.82) is 0 Å². The van der Waals surface area contributed by atoms with Crippen molar-refractivity contribution < 1.29 is 9.32 Å². The van der Waals surface area contributed by atoms with Crippen LogP contribution in [0.2, 0.25) is 0 Å². The Hall–Kier alpha value is -1.32. The van der Waals surface area contributed by atoms with E-state index in [1.807, 2.05) is 0 Å². The first-order chi connectivity index (χ1) is 6.20. The third-order valence-corrected chi connectivity index (χ3v) is 1.68. The molecular formula is C9H14N2O2. The molecule has 13 heavy (non-hydrogen) atoms. The molecule has 1 N–H and O–H groups in total. The van der Waals surface area contributed by atoms with Gasteiger partial charge in [-0.1, -0.05) is 19.0 Å². The average Bonchev–Trinajstić information content (AvgIpc) is 2.55. The molecule has 0 aliphatic rings. The topological polar surface area (TPSA) is 55.1 Å². The molecule has 72 valence electrons. The fourth-order valence-corrected chi connectivity index (χ4v) is 0.895.